The molecule has 0 aliphatic heterocycles. The van der Waals surface area contributed by atoms with Gasteiger partial charge in [-0.15, -0.1) is 0 Å². The Hall–Kier alpha value is -1.42. The quantitative estimate of drug-likeness (QED) is 0.610. The highest BCUT2D eigenvalue weighted by Crippen LogP contribution is 2.18. The lowest BCUT2D eigenvalue weighted by molar-refractivity contribution is -0.384. The van der Waals surface area contributed by atoms with Crippen LogP contribution >= 0.6 is 0 Å². The largest absolute Gasteiger partial charge is 0.317 e. The molecule has 4 heteroatoms. The second kappa shape index (κ2) is 6.35. The van der Waals surface area contributed by atoms with Crippen molar-refractivity contribution in [2.75, 3.05) is 7.05 Å². The Balaban J connectivity index is 2.74. The van der Waals surface area contributed by atoms with E-state index in [1.165, 1.54) is 6.07 Å². The smallest absolute Gasteiger partial charge is 0.269 e. The zero-order valence-corrected chi connectivity index (χ0v) is 10.6. The Morgan fingerprint density at radius 1 is 1.47 bits per heavy atom. The topological polar surface area (TPSA) is 55.2 Å². The lowest BCUT2D eigenvalue weighted by Crippen LogP contribution is -2.32. The molecular weight excluding hydrogens is 216 g/mol. The van der Waals surface area contributed by atoms with E-state index in [4.69, 9.17) is 0 Å². The van der Waals surface area contributed by atoms with Crippen LogP contribution in [0.4, 0.5) is 5.69 Å². The van der Waals surface area contributed by atoms with E-state index in [1.807, 2.05) is 13.1 Å². The van der Waals surface area contributed by atoms with Gasteiger partial charge in [0, 0.05) is 18.2 Å². The van der Waals surface area contributed by atoms with Crippen LogP contribution in [0, 0.1) is 16.0 Å². The summed E-state index contributed by atoms with van der Waals surface area (Å²) in [6.07, 6.45) is 1.92. The van der Waals surface area contributed by atoms with Gasteiger partial charge in [-0.25, -0.2) is 0 Å². The van der Waals surface area contributed by atoms with Crippen LogP contribution in [0.2, 0.25) is 0 Å². The molecule has 17 heavy (non-hydrogen) atoms. The molecular formula is C13H20N2O2. The number of nitro benzene ring substituents is 1. The minimum absolute atomic E-state index is 0.173. The van der Waals surface area contributed by atoms with E-state index in [0.29, 0.717) is 12.0 Å². The molecule has 1 rings (SSSR count). The van der Waals surface area contributed by atoms with Crippen molar-refractivity contribution in [3.8, 4) is 0 Å². The summed E-state index contributed by atoms with van der Waals surface area (Å²) >= 11 is 0. The molecule has 0 aliphatic rings. The molecule has 0 bridgehead atoms. The number of benzene rings is 1. The number of nitro groups is 1. The van der Waals surface area contributed by atoms with Gasteiger partial charge >= 0.3 is 0 Å². The van der Waals surface area contributed by atoms with E-state index in [1.54, 1.807) is 12.1 Å². The van der Waals surface area contributed by atoms with Crippen molar-refractivity contribution in [2.45, 2.75) is 32.7 Å². The maximum Gasteiger partial charge on any atom is 0.269 e. The molecule has 94 valence electrons. The molecule has 2 unspecified atom stereocenters. The van der Waals surface area contributed by atoms with Crippen LogP contribution in [-0.2, 0) is 6.42 Å². The van der Waals surface area contributed by atoms with Gasteiger partial charge < -0.3 is 5.32 Å². The Kier molecular flexibility index (Phi) is 5.10. The standard InChI is InChI=1S/C13H20N2O2/c1-4-13(14-3)10(2)8-11-6-5-7-12(9-11)15(16)17/h5-7,9-10,13-14H,4,8H2,1-3H3. The van der Waals surface area contributed by atoms with Crippen LogP contribution in [0.25, 0.3) is 0 Å². The molecule has 0 saturated carbocycles. The van der Waals surface area contributed by atoms with Crippen LogP contribution in [0.1, 0.15) is 25.8 Å². The van der Waals surface area contributed by atoms with Crippen LogP contribution < -0.4 is 5.32 Å². The van der Waals surface area contributed by atoms with Gasteiger partial charge in [0.15, 0.2) is 0 Å². The molecule has 1 aromatic rings. The molecule has 1 aromatic carbocycles. The second-order valence-corrected chi connectivity index (χ2v) is 4.41. The molecule has 0 radical (unpaired) electrons. The van der Waals surface area contributed by atoms with Crippen molar-refractivity contribution < 1.29 is 4.92 Å². The lowest BCUT2D eigenvalue weighted by Gasteiger charge is -2.22. The first kappa shape index (κ1) is 13.6. The average molecular weight is 236 g/mol. The number of non-ortho nitro benzene ring substituents is 1. The third kappa shape index (κ3) is 3.82. The van der Waals surface area contributed by atoms with Crippen molar-refractivity contribution in [2.24, 2.45) is 5.92 Å². The van der Waals surface area contributed by atoms with Gasteiger partial charge in [0.2, 0.25) is 0 Å². The summed E-state index contributed by atoms with van der Waals surface area (Å²) in [5.74, 6) is 0.465. The molecule has 4 nitrogen and oxygen atoms in total. The van der Waals surface area contributed by atoms with E-state index in [2.05, 4.69) is 19.2 Å². The van der Waals surface area contributed by atoms with E-state index in [9.17, 15) is 10.1 Å². The Morgan fingerprint density at radius 3 is 2.71 bits per heavy atom. The van der Waals surface area contributed by atoms with Gasteiger partial charge in [-0.1, -0.05) is 26.0 Å². The Labute approximate surface area is 102 Å². The van der Waals surface area contributed by atoms with Crippen molar-refractivity contribution in [1.29, 1.82) is 0 Å². The third-order valence-corrected chi connectivity index (χ3v) is 3.18. The molecule has 0 aromatic heterocycles. The van der Waals surface area contributed by atoms with Crippen LogP contribution in [0.15, 0.2) is 24.3 Å². The predicted octanol–water partition coefficient (Wildman–Crippen LogP) is 2.77. The molecule has 0 fully saturated rings. The normalized spacial score (nSPS) is 14.3. The van der Waals surface area contributed by atoms with Crippen molar-refractivity contribution >= 4 is 5.69 Å². The molecule has 1 N–H and O–H groups in total. The fourth-order valence-corrected chi connectivity index (χ4v) is 2.20. The molecule has 0 spiro atoms. The number of rotatable bonds is 6. The van der Waals surface area contributed by atoms with Crippen LogP contribution in [-0.4, -0.2) is 18.0 Å². The summed E-state index contributed by atoms with van der Waals surface area (Å²) in [5, 5.41) is 14.0. The van der Waals surface area contributed by atoms with Crippen LogP contribution in [0.3, 0.4) is 0 Å². The van der Waals surface area contributed by atoms with Gasteiger partial charge in [0.1, 0.15) is 0 Å². The second-order valence-electron chi connectivity index (χ2n) is 4.41. The fraction of sp³-hybridized carbons (Fsp3) is 0.538. The zero-order valence-electron chi connectivity index (χ0n) is 10.6. The van der Waals surface area contributed by atoms with Crippen molar-refractivity contribution in [3.63, 3.8) is 0 Å². The van der Waals surface area contributed by atoms with E-state index >= 15 is 0 Å². The fourth-order valence-electron chi connectivity index (χ4n) is 2.20. The highest BCUT2D eigenvalue weighted by atomic mass is 16.6. The summed E-state index contributed by atoms with van der Waals surface area (Å²) in [4.78, 5) is 10.3. The Bertz CT molecular complexity index is 375. The highest BCUT2D eigenvalue weighted by Gasteiger charge is 2.15. The van der Waals surface area contributed by atoms with Crippen molar-refractivity contribution in [1.82, 2.24) is 5.32 Å². The van der Waals surface area contributed by atoms with Gasteiger partial charge in [0.05, 0.1) is 4.92 Å². The summed E-state index contributed by atoms with van der Waals surface area (Å²) in [5.41, 5.74) is 1.20. The maximum absolute atomic E-state index is 10.7. The molecule has 2 atom stereocenters. The van der Waals surface area contributed by atoms with Gasteiger partial charge in [-0.3, -0.25) is 10.1 Å². The van der Waals surface area contributed by atoms with Crippen LogP contribution in [0.5, 0.6) is 0 Å². The summed E-state index contributed by atoms with van der Waals surface area (Å²) in [6.45, 7) is 4.31. The minimum Gasteiger partial charge on any atom is -0.317 e. The van der Waals surface area contributed by atoms with Gasteiger partial charge in [-0.2, -0.15) is 0 Å². The number of nitrogens with zero attached hydrogens (tertiary/aromatic N) is 1. The number of hydrogen-bond donors (Lipinski definition) is 1. The third-order valence-electron chi connectivity index (χ3n) is 3.18. The highest BCUT2D eigenvalue weighted by molar-refractivity contribution is 5.34. The first-order valence-corrected chi connectivity index (χ1v) is 5.99. The Morgan fingerprint density at radius 2 is 2.18 bits per heavy atom. The van der Waals surface area contributed by atoms with Crippen molar-refractivity contribution in [3.05, 3.63) is 39.9 Å². The summed E-state index contributed by atoms with van der Waals surface area (Å²) in [7, 11) is 1.96. The first-order chi connectivity index (χ1) is 8.08. The maximum atomic E-state index is 10.7. The van der Waals surface area contributed by atoms with E-state index < -0.39 is 0 Å². The number of nitrogens with one attached hydrogen (secondary N) is 1. The average Bonchev–Trinajstić information content (AvgIpc) is 2.30. The summed E-state index contributed by atoms with van der Waals surface area (Å²) in [6, 6.07) is 7.35. The summed E-state index contributed by atoms with van der Waals surface area (Å²) < 4.78 is 0. The monoisotopic (exact) mass is 236 g/mol. The molecule has 0 amide bonds. The van der Waals surface area contributed by atoms with Gasteiger partial charge in [0.25, 0.3) is 5.69 Å². The molecule has 0 heterocycles. The van der Waals surface area contributed by atoms with E-state index in [-0.39, 0.29) is 10.6 Å². The number of hydrogen-bond acceptors (Lipinski definition) is 3. The van der Waals surface area contributed by atoms with E-state index in [0.717, 1.165) is 18.4 Å². The minimum atomic E-state index is -0.344. The molecule has 0 aliphatic carbocycles. The molecule has 0 saturated heterocycles. The predicted molar refractivity (Wildman–Crippen MR) is 69.1 cm³/mol. The SMILES string of the molecule is CCC(NC)C(C)Cc1cccc([N+](=O)[O-])c1. The zero-order chi connectivity index (χ0) is 12.8. The van der Waals surface area contributed by atoms with Gasteiger partial charge in [-0.05, 0) is 31.4 Å². The lowest BCUT2D eigenvalue weighted by atomic mass is 9.92. The first-order valence-electron chi connectivity index (χ1n) is 5.99.